The van der Waals surface area contributed by atoms with Gasteiger partial charge >= 0.3 is 0 Å². The van der Waals surface area contributed by atoms with Crippen molar-refractivity contribution in [3.8, 4) is 0 Å². The standard InChI is InChI=1S/C9H10N2S/c1-7-2-3-8-4-5-10-11-12-9(8)6-7/h2-3,5-6,11H,4H2,1H3. The molecule has 2 rings (SSSR count). The Hall–Kier alpha value is -0.960. The van der Waals surface area contributed by atoms with Crippen molar-refractivity contribution in [2.75, 3.05) is 0 Å². The summed E-state index contributed by atoms with van der Waals surface area (Å²) in [7, 11) is 0. The highest BCUT2D eigenvalue weighted by atomic mass is 32.2. The normalized spacial score (nSPS) is 14.8. The van der Waals surface area contributed by atoms with E-state index >= 15 is 0 Å². The first-order valence-corrected chi connectivity index (χ1v) is 4.71. The van der Waals surface area contributed by atoms with Gasteiger partial charge in [-0.2, -0.15) is 5.10 Å². The lowest BCUT2D eigenvalue weighted by Gasteiger charge is -2.03. The third kappa shape index (κ3) is 1.46. The molecule has 0 fully saturated rings. The van der Waals surface area contributed by atoms with Crippen LogP contribution in [-0.2, 0) is 6.42 Å². The zero-order valence-corrected chi connectivity index (χ0v) is 7.69. The van der Waals surface area contributed by atoms with Gasteiger partial charge in [0, 0.05) is 29.5 Å². The molecular formula is C9H10N2S. The number of rotatable bonds is 0. The van der Waals surface area contributed by atoms with Crippen LogP contribution >= 0.6 is 11.9 Å². The largest absolute Gasteiger partial charge is 0.247 e. The van der Waals surface area contributed by atoms with Gasteiger partial charge in [-0.15, -0.1) is 0 Å². The van der Waals surface area contributed by atoms with Gasteiger partial charge < -0.3 is 0 Å². The van der Waals surface area contributed by atoms with E-state index in [2.05, 4.69) is 35.1 Å². The summed E-state index contributed by atoms with van der Waals surface area (Å²) >= 11 is 1.58. The molecule has 0 aliphatic carbocycles. The first-order chi connectivity index (χ1) is 5.86. The lowest BCUT2D eigenvalue weighted by atomic mass is 10.1. The molecule has 0 amide bonds. The van der Waals surface area contributed by atoms with Crippen molar-refractivity contribution in [1.29, 1.82) is 0 Å². The summed E-state index contributed by atoms with van der Waals surface area (Å²) in [5, 5.41) is 4.00. The number of benzene rings is 1. The van der Waals surface area contributed by atoms with Gasteiger partial charge in [-0.25, -0.2) is 4.83 Å². The molecule has 1 aromatic carbocycles. The van der Waals surface area contributed by atoms with Crippen LogP contribution in [0.2, 0.25) is 0 Å². The molecule has 62 valence electrons. The molecule has 0 saturated heterocycles. The Morgan fingerprint density at radius 2 is 2.42 bits per heavy atom. The van der Waals surface area contributed by atoms with Gasteiger partial charge in [-0.3, -0.25) is 0 Å². The summed E-state index contributed by atoms with van der Waals surface area (Å²) in [4.78, 5) is 4.20. The van der Waals surface area contributed by atoms with Crippen molar-refractivity contribution in [1.82, 2.24) is 4.83 Å². The molecule has 0 saturated carbocycles. The van der Waals surface area contributed by atoms with E-state index in [1.807, 2.05) is 6.21 Å². The van der Waals surface area contributed by atoms with Crippen molar-refractivity contribution < 1.29 is 0 Å². The van der Waals surface area contributed by atoms with Crippen LogP contribution in [0.15, 0.2) is 28.2 Å². The second-order valence-corrected chi connectivity index (χ2v) is 3.65. The Morgan fingerprint density at radius 3 is 3.33 bits per heavy atom. The SMILES string of the molecule is Cc1ccc2c(c1)SNN=CC2. The number of hydrazone groups is 1. The first-order valence-electron chi connectivity index (χ1n) is 3.89. The van der Waals surface area contributed by atoms with E-state index in [-0.39, 0.29) is 0 Å². The molecule has 0 atom stereocenters. The summed E-state index contributed by atoms with van der Waals surface area (Å²) in [6.45, 7) is 2.10. The predicted octanol–water partition coefficient (Wildman–Crippen LogP) is 2.13. The molecule has 1 aliphatic rings. The third-order valence-electron chi connectivity index (χ3n) is 1.83. The van der Waals surface area contributed by atoms with Gasteiger partial charge in [-0.1, -0.05) is 12.1 Å². The van der Waals surface area contributed by atoms with E-state index in [4.69, 9.17) is 0 Å². The summed E-state index contributed by atoms with van der Waals surface area (Å²) in [6, 6.07) is 6.48. The molecule has 12 heavy (non-hydrogen) atoms. The average molecular weight is 178 g/mol. The second kappa shape index (κ2) is 3.19. The minimum absolute atomic E-state index is 0.926. The fourth-order valence-corrected chi connectivity index (χ4v) is 1.94. The Bertz CT molecular complexity index is 320. The topological polar surface area (TPSA) is 24.4 Å². The summed E-state index contributed by atoms with van der Waals surface area (Å²) in [6.07, 6.45) is 2.82. The highest BCUT2D eigenvalue weighted by Crippen LogP contribution is 2.23. The van der Waals surface area contributed by atoms with Crippen LogP contribution in [0.1, 0.15) is 11.1 Å². The van der Waals surface area contributed by atoms with E-state index in [0.717, 1.165) is 6.42 Å². The maximum absolute atomic E-state index is 4.00. The van der Waals surface area contributed by atoms with Crippen molar-refractivity contribution >= 4 is 18.2 Å². The maximum Gasteiger partial charge on any atom is 0.0337 e. The van der Waals surface area contributed by atoms with Gasteiger partial charge in [0.05, 0.1) is 0 Å². The Labute approximate surface area is 76.2 Å². The Morgan fingerprint density at radius 1 is 1.50 bits per heavy atom. The maximum atomic E-state index is 4.00. The van der Waals surface area contributed by atoms with Gasteiger partial charge in [0.15, 0.2) is 0 Å². The number of aryl methyl sites for hydroxylation is 1. The Kier molecular flexibility index (Phi) is 2.04. The Balaban J connectivity index is 2.42. The number of hydrogen-bond donors (Lipinski definition) is 1. The zero-order valence-electron chi connectivity index (χ0n) is 6.87. The van der Waals surface area contributed by atoms with E-state index in [9.17, 15) is 0 Å². The fraction of sp³-hybridized carbons (Fsp3) is 0.222. The molecular weight excluding hydrogens is 168 g/mol. The molecule has 0 radical (unpaired) electrons. The summed E-state index contributed by atoms with van der Waals surface area (Å²) in [5.41, 5.74) is 2.64. The number of hydrogen-bond acceptors (Lipinski definition) is 3. The quantitative estimate of drug-likeness (QED) is 0.615. The predicted molar refractivity (Wildman–Crippen MR) is 52.4 cm³/mol. The van der Waals surface area contributed by atoms with Crippen LogP contribution < -0.4 is 4.83 Å². The van der Waals surface area contributed by atoms with E-state index in [0.29, 0.717) is 0 Å². The highest BCUT2D eigenvalue weighted by molar-refractivity contribution is 7.97. The van der Waals surface area contributed by atoms with Crippen molar-refractivity contribution in [3.05, 3.63) is 29.3 Å². The molecule has 0 spiro atoms. The number of fused-ring (bicyclic) bond motifs is 1. The molecule has 1 heterocycles. The molecule has 1 N–H and O–H groups in total. The lowest BCUT2D eigenvalue weighted by Crippen LogP contribution is -1.89. The van der Waals surface area contributed by atoms with E-state index in [1.54, 1.807) is 11.9 Å². The van der Waals surface area contributed by atoms with Crippen LogP contribution in [0.4, 0.5) is 0 Å². The molecule has 3 heteroatoms. The van der Waals surface area contributed by atoms with Gasteiger partial charge in [-0.05, 0) is 24.1 Å². The fourth-order valence-electron chi connectivity index (χ4n) is 1.18. The molecule has 0 unspecified atom stereocenters. The average Bonchev–Trinajstić information content (AvgIpc) is 2.28. The van der Waals surface area contributed by atoms with Crippen LogP contribution in [0, 0.1) is 6.92 Å². The molecule has 2 nitrogen and oxygen atoms in total. The molecule has 1 aliphatic heterocycles. The van der Waals surface area contributed by atoms with Gasteiger partial charge in [0.2, 0.25) is 0 Å². The summed E-state index contributed by atoms with van der Waals surface area (Å²) in [5.74, 6) is 0. The molecule has 0 bridgehead atoms. The third-order valence-corrected chi connectivity index (χ3v) is 2.63. The van der Waals surface area contributed by atoms with E-state index in [1.165, 1.54) is 16.0 Å². The minimum Gasteiger partial charge on any atom is -0.247 e. The number of nitrogens with zero attached hydrogens (tertiary/aromatic N) is 1. The minimum atomic E-state index is 0.926. The van der Waals surface area contributed by atoms with Crippen LogP contribution in [0.25, 0.3) is 0 Å². The van der Waals surface area contributed by atoms with Crippen molar-refractivity contribution in [2.45, 2.75) is 18.2 Å². The zero-order chi connectivity index (χ0) is 8.39. The molecule has 0 aromatic heterocycles. The monoisotopic (exact) mass is 178 g/mol. The van der Waals surface area contributed by atoms with Gasteiger partial charge in [0.1, 0.15) is 0 Å². The smallest absolute Gasteiger partial charge is 0.0337 e. The van der Waals surface area contributed by atoms with Crippen LogP contribution in [0.3, 0.4) is 0 Å². The van der Waals surface area contributed by atoms with Crippen LogP contribution in [-0.4, -0.2) is 6.21 Å². The number of nitrogens with one attached hydrogen (secondary N) is 1. The first kappa shape index (κ1) is 7.68. The highest BCUT2D eigenvalue weighted by Gasteiger charge is 2.04. The van der Waals surface area contributed by atoms with Gasteiger partial charge in [0.25, 0.3) is 0 Å². The van der Waals surface area contributed by atoms with Crippen molar-refractivity contribution in [2.24, 2.45) is 5.10 Å². The van der Waals surface area contributed by atoms with Crippen LogP contribution in [0.5, 0.6) is 0 Å². The van der Waals surface area contributed by atoms with Crippen molar-refractivity contribution in [3.63, 3.8) is 0 Å². The summed E-state index contributed by atoms with van der Waals surface area (Å²) < 4.78 is 0. The van der Waals surface area contributed by atoms with E-state index < -0.39 is 0 Å². The lowest BCUT2D eigenvalue weighted by molar-refractivity contribution is 1.12. The second-order valence-electron chi connectivity index (χ2n) is 2.82. The molecule has 1 aromatic rings.